The summed E-state index contributed by atoms with van der Waals surface area (Å²) in [5.41, 5.74) is -0.817. The zero-order chi connectivity index (χ0) is 12.0. The first kappa shape index (κ1) is 11.0. The van der Waals surface area contributed by atoms with Crippen LogP contribution in [0.25, 0.3) is 0 Å². The van der Waals surface area contributed by atoms with Gasteiger partial charge in [-0.25, -0.2) is 4.39 Å². The number of halogens is 1. The van der Waals surface area contributed by atoms with Crippen molar-refractivity contribution in [2.45, 2.75) is 30.8 Å². The highest BCUT2D eigenvalue weighted by Gasteiger charge is 2.45. The van der Waals surface area contributed by atoms with Gasteiger partial charge in [0, 0.05) is 18.9 Å². The topological polar surface area (TPSA) is 58.9 Å². The Balaban J connectivity index is 1.96. The third-order valence-electron chi connectivity index (χ3n) is 3.30. The number of rotatable bonds is 1. The van der Waals surface area contributed by atoms with E-state index < -0.39 is 17.7 Å². The van der Waals surface area contributed by atoms with Crippen molar-refractivity contribution in [2.24, 2.45) is 0 Å². The molecule has 2 N–H and O–H groups in total. The van der Waals surface area contributed by atoms with Gasteiger partial charge in [-0.3, -0.25) is 0 Å². The van der Waals surface area contributed by atoms with Crippen LogP contribution in [0.3, 0.4) is 0 Å². The summed E-state index contributed by atoms with van der Waals surface area (Å²) in [6.45, 7) is 0.453. The van der Waals surface area contributed by atoms with Crippen LogP contribution < -0.4 is 0 Å². The number of ether oxygens (including phenoxy) is 2. The number of phenolic OH excluding ortho intramolecular Hbond substituents is 1. The molecule has 5 heteroatoms. The number of aliphatic hydroxyl groups is 1. The van der Waals surface area contributed by atoms with E-state index in [2.05, 4.69) is 0 Å². The Kier molecular flexibility index (Phi) is 2.36. The van der Waals surface area contributed by atoms with Crippen LogP contribution >= 0.6 is 0 Å². The van der Waals surface area contributed by atoms with Crippen molar-refractivity contribution in [3.05, 3.63) is 29.6 Å². The second kappa shape index (κ2) is 3.66. The van der Waals surface area contributed by atoms with E-state index >= 15 is 0 Å². The first-order valence-corrected chi connectivity index (χ1v) is 5.55. The Labute approximate surface area is 97.6 Å². The van der Waals surface area contributed by atoms with Gasteiger partial charge in [0.25, 0.3) is 0 Å². The maximum atomic E-state index is 13.2. The molecule has 1 unspecified atom stereocenters. The Morgan fingerprint density at radius 1 is 1.29 bits per heavy atom. The third kappa shape index (κ3) is 1.90. The molecule has 3 atom stereocenters. The summed E-state index contributed by atoms with van der Waals surface area (Å²) in [5.74, 6) is -0.749. The second-order valence-corrected chi connectivity index (χ2v) is 4.66. The van der Waals surface area contributed by atoms with Crippen molar-refractivity contribution in [3.8, 4) is 5.75 Å². The predicted octanol–water partition coefficient (Wildman–Crippen LogP) is 1.25. The molecule has 3 rings (SSSR count). The number of benzene rings is 1. The fourth-order valence-electron chi connectivity index (χ4n) is 2.54. The van der Waals surface area contributed by atoms with Crippen molar-refractivity contribution in [2.75, 3.05) is 6.61 Å². The van der Waals surface area contributed by atoms with Crippen molar-refractivity contribution in [1.29, 1.82) is 0 Å². The lowest BCUT2D eigenvalue weighted by atomic mass is 9.84. The molecule has 2 heterocycles. The SMILES string of the molecule is Oc1cc(F)cc(C2(O)C[C@@H]3CO[C@H](C2)O3)c1. The smallest absolute Gasteiger partial charge is 0.161 e. The van der Waals surface area contributed by atoms with Gasteiger partial charge in [0.05, 0.1) is 18.3 Å². The fourth-order valence-corrected chi connectivity index (χ4v) is 2.54. The van der Waals surface area contributed by atoms with Gasteiger partial charge in [-0.2, -0.15) is 0 Å². The molecule has 92 valence electrons. The summed E-state index contributed by atoms with van der Waals surface area (Å²) in [5, 5.41) is 19.9. The van der Waals surface area contributed by atoms with Crippen molar-refractivity contribution in [1.82, 2.24) is 0 Å². The van der Waals surface area contributed by atoms with Crippen LogP contribution in [0.5, 0.6) is 5.75 Å². The van der Waals surface area contributed by atoms with Gasteiger partial charge < -0.3 is 19.7 Å². The molecule has 1 aromatic carbocycles. The van der Waals surface area contributed by atoms with Crippen LogP contribution in [-0.4, -0.2) is 29.2 Å². The molecule has 0 saturated carbocycles. The van der Waals surface area contributed by atoms with Crippen LogP contribution in [0.2, 0.25) is 0 Å². The average Bonchev–Trinajstić information content (AvgIpc) is 2.57. The average molecular weight is 240 g/mol. The van der Waals surface area contributed by atoms with E-state index in [-0.39, 0.29) is 18.3 Å². The number of hydrogen-bond acceptors (Lipinski definition) is 4. The normalized spacial score (nSPS) is 36.1. The van der Waals surface area contributed by atoms with Crippen LogP contribution in [0.4, 0.5) is 4.39 Å². The monoisotopic (exact) mass is 240 g/mol. The number of aromatic hydroxyl groups is 1. The molecule has 1 aromatic rings. The minimum atomic E-state index is -1.19. The van der Waals surface area contributed by atoms with Crippen LogP contribution in [0.15, 0.2) is 18.2 Å². The number of phenols is 1. The number of hydrogen-bond donors (Lipinski definition) is 2. The summed E-state index contributed by atoms with van der Waals surface area (Å²) >= 11 is 0. The molecule has 4 nitrogen and oxygen atoms in total. The van der Waals surface area contributed by atoms with E-state index in [0.717, 1.165) is 6.07 Å². The maximum Gasteiger partial charge on any atom is 0.161 e. The quantitative estimate of drug-likeness (QED) is 0.775. The van der Waals surface area contributed by atoms with Crippen molar-refractivity contribution < 1.29 is 24.1 Å². The van der Waals surface area contributed by atoms with Gasteiger partial charge in [0.1, 0.15) is 11.6 Å². The molecule has 2 saturated heterocycles. The molecule has 2 aliphatic rings. The standard InChI is InChI=1S/C12H13FO4/c13-8-1-7(2-9(14)3-8)12(15)4-10-6-16-11(5-12)17-10/h1-3,10-11,14-15H,4-6H2/t10-,11+,12?/m1/s1. The minimum absolute atomic E-state index is 0.163. The zero-order valence-corrected chi connectivity index (χ0v) is 9.10. The van der Waals surface area contributed by atoms with Gasteiger partial charge >= 0.3 is 0 Å². The maximum absolute atomic E-state index is 13.2. The van der Waals surface area contributed by atoms with Crippen LogP contribution in [0.1, 0.15) is 18.4 Å². The summed E-state index contributed by atoms with van der Waals surface area (Å²) in [7, 11) is 0. The Hall–Kier alpha value is -1.17. The second-order valence-electron chi connectivity index (χ2n) is 4.66. The lowest BCUT2D eigenvalue weighted by molar-refractivity contribution is -0.159. The summed E-state index contributed by atoms with van der Waals surface area (Å²) < 4.78 is 24.0. The molecule has 0 spiro atoms. The molecule has 0 radical (unpaired) electrons. The molecule has 17 heavy (non-hydrogen) atoms. The predicted molar refractivity (Wildman–Crippen MR) is 55.8 cm³/mol. The van der Waals surface area contributed by atoms with Crippen molar-refractivity contribution >= 4 is 0 Å². The molecule has 0 amide bonds. The zero-order valence-electron chi connectivity index (χ0n) is 9.10. The Morgan fingerprint density at radius 3 is 2.82 bits per heavy atom. The van der Waals surface area contributed by atoms with Gasteiger partial charge in [0.15, 0.2) is 6.29 Å². The van der Waals surface area contributed by atoms with Crippen LogP contribution in [-0.2, 0) is 15.1 Å². The highest BCUT2D eigenvalue weighted by Crippen LogP contribution is 2.41. The van der Waals surface area contributed by atoms with E-state index in [9.17, 15) is 14.6 Å². The molecule has 0 aliphatic carbocycles. The first-order chi connectivity index (χ1) is 8.05. The lowest BCUT2D eigenvalue weighted by Crippen LogP contribution is -2.39. The summed E-state index contributed by atoms with van der Waals surface area (Å²) in [4.78, 5) is 0. The van der Waals surface area contributed by atoms with Gasteiger partial charge in [-0.15, -0.1) is 0 Å². The highest BCUT2D eigenvalue weighted by molar-refractivity contribution is 5.33. The van der Waals surface area contributed by atoms with Gasteiger partial charge in [0.2, 0.25) is 0 Å². The Morgan fingerprint density at radius 2 is 2.12 bits per heavy atom. The summed E-state index contributed by atoms with van der Waals surface area (Å²) in [6.07, 6.45) is 0.00650. The molecular formula is C12H13FO4. The van der Waals surface area contributed by atoms with E-state index in [4.69, 9.17) is 9.47 Å². The molecule has 0 aromatic heterocycles. The lowest BCUT2D eigenvalue weighted by Gasteiger charge is -2.35. The van der Waals surface area contributed by atoms with E-state index in [1.165, 1.54) is 12.1 Å². The Bertz CT molecular complexity index is 416. The van der Waals surface area contributed by atoms with Crippen molar-refractivity contribution in [3.63, 3.8) is 0 Å². The minimum Gasteiger partial charge on any atom is -0.508 e. The first-order valence-electron chi connectivity index (χ1n) is 5.55. The highest BCUT2D eigenvalue weighted by atomic mass is 19.1. The molecular weight excluding hydrogens is 227 g/mol. The van der Waals surface area contributed by atoms with Gasteiger partial charge in [-0.1, -0.05) is 0 Å². The fraction of sp³-hybridized carbons (Fsp3) is 0.500. The number of fused-ring (bicyclic) bond motifs is 2. The summed E-state index contributed by atoms with van der Waals surface area (Å²) in [6, 6.07) is 3.63. The molecule has 2 bridgehead atoms. The van der Waals surface area contributed by atoms with E-state index in [0.29, 0.717) is 18.6 Å². The van der Waals surface area contributed by atoms with Gasteiger partial charge in [-0.05, 0) is 17.7 Å². The molecule has 2 aliphatic heterocycles. The largest absolute Gasteiger partial charge is 0.508 e. The third-order valence-corrected chi connectivity index (χ3v) is 3.30. The van der Waals surface area contributed by atoms with Crippen LogP contribution in [0, 0.1) is 5.82 Å². The molecule has 2 fully saturated rings. The van der Waals surface area contributed by atoms with E-state index in [1.807, 2.05) is 0 Å². The van der Waals surface area contributed by atoms with E-state index in [1.54, 1.807) is 0 Å².